The molecular formula is C17H17N3O2. The molecule has 1 atom stereocenters. The van der Waals surface area contributed by atoms with Crippen molar-refractivity contribution >= 4 is 22.6 Å². The number of ether oxygens (including phenoxy) is 1. The molecule has 0 spiro atoms. The molecule has 1 aromatic heterocycles. The molecule has 3 aromatic rings. The van der Waals surface area contributed by atoms with Gasteiger partial charge in [-0.3, -0.25) is 0 Å². The van der Waals surface area contributed by atoms with E-state index in [1.165, 1.54) is 7.11 Å². The minimum absolute atomic E-state index is 0.365. The van der Waals surface area contributed by atoms with Crippen LogP contribution in [0, 0.1) is 6.92 Å². The second kappa shape index (κ2) is 5.52. The molecule has 0 radical (unpaired) electrons. The Hall–Kier alpha value is -2.82. The fourth-order valence-corrected chi connectivity index (χ4v) is 2.54. The lowest BCUT2D eigenvalue weighted by molar-refractivity contribution is -0.143. The highest BCUT2D eigenvalue weighted by atomic mass is 16.5. The molecule has 5 heteroatoms. The predicted octanol–water partition coefficient (Wildman–Crippen LogP) is 2.69. The van der Waals surface area contributed by atoms with Crippen molar-refractivity contribution in [2.24, 2.45) is 0 Å². The summed E-state index contributed by atoms with van der Waals surface area (Å²) in [6.07, 6.45) is 1.68. The van der Waals surface area contributed by atoms with E-state index in [1.807, 2.05) is 49.4 Å². The molecular weight excluding hydrogens is 278 g/mol. The molecule has 5 nitrogen and oxygen atoms in total. The number of nitrogen functional groups attached to an aromatic ring is 1. The normalized spacial score (nSPS) is 12.3. The lowest BCUT2D eigenvalue weighted by atomic mass is 10.0. The van der Waals surface area contributed by atoms with E-state index in [1.54, 1.807) is 10.9 Å². The Bertz CT molecular complexity index is 822. The molecule has 1 unspecified atom stereocenters. The van der Waals surface area contributed by atoms with Crippen LogP contribution in [0.1, 0.15) is 17.2 Å². The van der Waals surface area contributed by atoms with Gasteiger partial charge in [0.2, 0.25) is 0 Å². The highest BCUT2D eigenvalue weighted by Crippen LogP contribution is 2.27. The largest absolute Gasteiger partial charge is 0.467 e. The summed E-state index contributed by atoms with van der Waals surface area (Å²) in [4.78, 5) is 12.3. The minimum Gasteiger partial charge on any atom is -0.467 e. The number of nitrogens with zero attached hydrogens (tertiary/aromatic N) is 2. The summed E-state index contributed by atoms with van der Waals surface area (Å²) in [5, 5.41) is 5.18. The first kappa shape index (κ1) is 14.1. The second-order valence-corrected chi connectivity index (χ2v) is 5.21. The summed E-state index contributed by atoms with van der Waals surface area (Å²) in [5.41, 5.74) is 9.36. The number of hydrogen-bond acceptors (Lipinski definition) is 4. The van der Waals surface area contributed by atoms with Crippen LogP contribution in [0.2, 0.25) is 0 Å². The Morgan fingerprint density at radius 1 is 1.23 bits per heavy atom. The average molecular weight is 295 g/mol. The highest BCUT2D eigenvalue weighted by molar-refractivity contribution is 5.91. The van der Waals surface area contributed by atoms with Crippen LogP contribution < -0.4 is 5.73 Å². The van der Waals surface area contributed by atoms with Gasteiger partial charge in [0, 0.05) is 11.1 Å². The van der Waals surface area contributed by atoms with Crippen LogP contribution in [-0.4, -0.2) is 22.9 Å². The molecule has 0 fully saturated rings. The zero-order valence-electron chi connectivity index (χ0n) is 12.5. The number of carbonyl (C=O) groups is 1. The fraction of sp³-hybridized carbons (Fsp3) is 0.176. The van der Waals surface area contributed by atoms with Crippen molar-refractivity contribution in [1.82, 2.24) is 9.78 Å². The van der Waals surface area contributed by atoms with E-state index in [0.29, 0.717) is 5.69 Å². The Balaban J connectivity index is 2.18. The number of methoxy groups -OCH3 is 1. The van der Waals surface area contributed by atoms with Crippen molar-refractivity contribution in [2.45, 2.75) is 13.0 Å². The van der Waals surface area contributed by atoms with Crippen LogP contribution in [0.15, 0.2) is 48.7 Å². The molecule has 0 aliphatic rings. The average Bonchev–Trinajstić information content (AvgIpc) is 2.94. The number of anilines is 1. The van der Waals surface area contributed by atoms with Gasteiger partial charge in [-0.1, -0.05) is 35.9 Å². The summed E-state index contributed by atoms with van der Waals surface area (Å²) in [6.45, 7) is 2.00. The zero-order valence-corrected chi connectivity index (χ0v) is 12.5. The monoisotopic (exact) mass is 295 g/mol. The van der Waals surface area contributed by atoms with Gasteiger partial charge in [-0.2, -0.15) is 5.10 Å². The van der Waals surface area contributed by atoms with Crippen LogP contribution in [0.25, 0.3) is 10.9 Å². The molecule has 2 aromatic carbocycles. The quantitative estimate of drug-likeness (QED) is 0.596. The summed E-state index contributed by atoms with van der Waals surface area (Å²) in [6, 6.07) is 12.7. The summed E-state index contributed by atoms with van der Waals surface area (Å²) < 4.78 is 6.62. The molecule has 0 bridgehead atoms. The number of nitrogens with two attached hydrogens (primary N) is 1. The van der Waals surface area contributed by atoms with Gasteiger partial charge in [-0.25, -0.2) is 9.48 Å². The predicted molar refractivity (Wildman–Crippen MR) is 85.5 cm³/mol. The minimum atomic E-state index is -0.634. The molecule has 0 saturated carbocycles. The Kier molecular flexibility index (Phi) is 3.55. The number of benzene rings is 2. The number of hydrogen-bond donors (Lipinski definition) is 1. The molecule has 3 rings (SSSR count). The summed E-state index contributed by atoms with van der Waals surface area (Å²) >= 11 is 0. The summed E-state index contributed by atoms with van der Waals surface area (Å²) in [7, 11) is 1.38. The van der Waals surface area contributed by atoms with Crippen LogP contribution >= 0.6 is 0 Å². The number of esters is 1. The van der Waals surface area contributed by atoms with Gasteiger partial charge < -0.3 is 10.5 Å². The lowest BCUT2D eigenvalue weighted by Crippen LogP contribution is -2.23. The first-order chi connectivity index (χ1) is 10.6. The van der Waals surface area contributed by atoms with E-state index in [0.717, 1.165) is 22.0 Å². The molecule has 1 heterocycles. The Morgan fingerprint density at radius 3 is 2.64 bits per heavy atom. The van der Waals surface area contributed by atoms with Crippen LogP contribution in [0.4, 0.5) is 5.69 Å². The van der Waals surface area contributed by atoms with Crippen molar-refractivity contribution in [1.29, 1.82) is 0 Å². The van der Waals surface area contributed by atoms with Crippen LogP contribution in [0.5, 0.6) is 0 Å². The van der Waals surface area contributed by atoms with E-state index in [9.17, 15) is 4.79 Å². The number of fused-ring (bicyclic) bond motifs is 1. The van der Waals surface area contributed by atoms with Gasteiger partial charge in [0.25, 0.3) is 0 Å². The SMILES string of the molecule is COC(=O)C(c1ccc(C)cc1)n1ncc2c(N)cccc21. The van der Waals surface area contributed by atoms with Gasteiger partial charge in [-0.15, -0.1) is 0 Å². The standard InChI is InChI=1S/C17H17N3O2/c1-11-6-8-12(9-7-11)16(17(21)22-2)20-15-5-3-4-14(18)13(15)10-19-20/h3-10,16H,18H2,1-2H3. The molecule has 0 aliphatic carbocycles. The van der Waals surface area contributed by atoms with Gasteiger partial charge >= 0.3 is 5.97 Å². The molecule has 0 saturated heterocycles. The van der Waals surface area contributed by atoms with Crippen molar-refractivity contribution in [3.8, 4) is 0 Å². The topological polar surface area (TPSA) is 70.1 Å². The van der Waals surface area contributed by atoms with Gasteiger partial charge in [-0.05, 0) is 24.6 Å². The molecule has 2 N–H and O–H groups in total. The number of rotatable bonds is 3. The third-order valence-electron chi connectivity index (χ3n) is 3.74. The van der Waals surface area contributed by atoms with E-state index in [2.05, 4.69) is 5.10 Å². The fourth-order valence-electron chi connectivity index (χ4n) is 2.54. The summed E-state index contributed by atoms with van der Waals surface area (Å²) in [5.74, 6) is -0.365. The molecule has 22 heavy (non-hydrogen) atoms. The third kappa shape index (κ3) is 2.30. The second-order valence-electron chi connectivity index (χ2n) is 5.21. The van der Waals surface area contributed by atoms with Gasteiger partial charge in [0.1, 0.15) is 0 Å². The molecule has 0 aliphatic heterocycles. The van der Waals surface area contributed by atoms with Gasteiger partial charge in [0.15, 0.2) is 6.04 Å². The number of aryl methyl sites for hydroxylation is 1. The van der Waals surface area contributed by atoms with Gasteiger partial charge in [0.05, 0.1) is 18.8 Å². The van der Waals surface area contributed by atoms with E-state index in [4.69, 9.17) is 10.5 Å². The maximum Gasteiger partial charge on any atom is 0.335 e. The molecule has 112 valence electrons. The molecule has 0 amide bonds. The smallest absolute Gasteiger partial charge is 0.335 e. The maximum atomic E-state index is 12.3. The van der Waals surface area contributed by atoms with E-state index in [-0.39, 0.29) is 5.97 Å². The van der Waals surface area contributed by atoms with E-state index < -0.39 is 6.04 Å². The van der Waals surface area contributed by atoms with Crippen molar-refractivity contribution < 1.29 is 9.53 Å². The third-order valence-corrected chi connectivity index (χ3v) is 3.74. The first-order valence-electron chi connectivity index (χ1n) is 6.98. The number of carbonyl (C=O) groups excluding carboxylic acids is 1. The Labute approximate surface area is 128 Å². The van der Waals surface area contributed by atoms with Crippen LogP contribution in [-0.2, 0) is 9.53 Å². The van der Waals surface area contributed by atoms with Crippen molar-refractivity contribution in [2.75, 3.05) is 12.8 Å². The van der Waals surface area contributed by atoms with Crippen molar-refractivity contribution in [3.05, 3.63) is 59.8 Å². The van der Waals surface area contributed by atoms with E-state index >= 15 is 0 Å². The highest BCUT2D eigenvalue weighted by Gasteiger charge is 2.26. The first-order valence-corrected chi connectivity index (χ1v) is 6.98. The Morgan fingerprint density at radius 2 is 1.95 bits per heavy atom. The van der Waals surface area contributed by atoms with Crippen LogP contribution in [0.3, 0.4) is 0 Å². The van der Waals surface area contributed by atoms with Crippen molar-refractivity contribution in [3.63, 3.8) is 0 Å². The lowest BCUT2D eigenvalue weighted by Gasteiger charge is -2.17. The zero-order chi connectivity index (χ0) is 15.7. The maximum absolute atomic E-state index is 12.3. The number of aromatic nitrogens is 2.